The van der Waals surface area contributed by atoms with Gasteiger partial charge in [0, 0.05) is 0 Å². The third-order valence-corrected chi connectivity index (χ3v) is 1.88. The van der Waals surface area contributed by atoms with Crippen molar-refractivity contribution in [2.24, 2.45) is 28.9 Å². The molecule has 0 atom stereocenters. The van der Waals surface area contributed by atoms with Gasteiger partial charge < -0.3 is 27.7 Å². The van der Waals surface area contributed by atoms with Crippen molar-refractivity contribution in [3.63, 3.8) is 0 Å². The van der Waals surface area contributed by atoms with Crippen molar-refractivity contribution >= 4 is 35.1 Å². The summed E-state index contributed by atoms with van der Waals surface area (Å²) in [5.74, 6) is -7.81. The van der Waals surface area contributed by atoms with E-state index in [4.69, 9.17) is 44.6 Å². The fraction of sp³-hybridized carbons (Fsp3) is 0.250. The molecule has 0 aromatic heterocycles. The van der Waals surface area contributed by atoms with Crippen LogP contribution in [0.5, 0.6) is 0 Å². The molecule has 0 aliphatic heterocycles. The molecule has 0 aliphatic rings. The van der Waals surface area contributed by atoms with Crippen LogP contribution in [0.15, 0.2) is 0 Å². The van der Waals surface area contributed by atoms with Crippen molar-refractivity contribution < 1.29 is 14.3 Å². The maximum atomic E-state index is 11.6. The molecule has 0 heterocycles. The van der Waals surface area contributed by atoms with E-state index in [0.717, 1.165) is 0 Å². The molecule has 0 aliphatic carbocycles. The number of hydrogen-bond donors (Lipinski definition) is 8. The first-order valence-corrected chi connectivity index (χ1v) is 4.70. The molecule has 0 unspecified atom stereocenters. The highest BCUT2D eigenvalue weighted by Crippen LogP contribution is 2.02. The van der Waals surface area contributed by atoms with Crippen LogP contribution in [0.25, 0.3) is 0 Å². The van der Waals surface area contributed by atoms with E-state index >= 15 is 0 Å². The first-order chi connectivity index (χ1) is 8.59. The lowest BCUT2D eigenvalue weighted by atomic mass is 10.0. The van der Waals surface area contributed by atoms with Crippen LogP contribution in [0.3, 0.4) is 0 Å². The maximum absolute atomic E-state index is 11.6. The Morgan fingerprint density at radius 3 is 1.42 bits per heavy atom. The highest BCUT2D eigenvalue weighted by molar-refractivity contribution is 6.44. The van der Waals surface area contributed by atoms with Gasteiger partial charge in [0.2, 0.25) is 6.10 Å². The van der Waals surface area contributed by atoms with Gasteiger partial charge in [0.1, 0.15) is 29.3 Å². The van der Waals surface area contributed by atoms with Gasteiger partial charge in [-0.2, -0.15) is 0 Å². The Kier molecular flexibility index (Phi) is 5.13. The van der Waals surface area contributed by atoms with Gasteiger partial charge in [0.05, 0.1) is 0 Å². The first-order valence-electron chi connectivity index (χ1n) is 4.70. The molecule has 104 valence electrons. The van der Waals surface area contributed by atoms with E-state index in [1.165, 1.54) is 0 Å². The molecule has 0 bridgehead atoms. The number of Topliss-reactive ketones (excluding diaryl/α,β-unsaturated/α-hetero) is 1. The van der Waals surface area contributed by atoms with E-state index in [1.54, 1.807) is 0 Å². The predicted octanol–water partition coefficient (Wildman–Crippen LogP) is -3.17. The molecule has 0 fully saturated rings. The van der Waals surface area contributed by atoms with E-state index in [0.29, 0.717) is 0 Å². The van der Waals surface area contributed by atoms with Crippen LogP contribution in [0.4, 0.5) is 0 Å². The fourth-order valence-electron chi connectivity index (χ4n) is 1.03. The summed E-state index contributed by atoms with van der Waals surface area (Å²) in [5.41, 5.74) is 20.1. The zero-order valence-electron chi connectivity index (χ0n) is 9.69. The number of nitrogens with one attached hydrogen (secondary N) is 4. The minimum absolute atomic E-state index is 0.754. The Hall–Kier alpha value is -2.98. The number of carbonyl (C=O) groups excluding carboxylic acids is 2. The second-order valence-electron chi connectivity index (χ2n) is 3.40. The Morgan fingerprint density at radius 1 is 0.789 bits per heavy atom. The number of hydrogen-bond acceptors (Lipinski definition) is 7. The van der Waals surface area contributed by atoms with Crippen molar-refractivity contribution in [1.29, 1.82) is 21.6 Å². The van der Waals surface area contributed by atoms with E-state index in [1.807, 2.05) is 0 Å². The second-order valence-corrected chi connectivity index (χ2v) is 3.40. The zero-order valence-corrected chi connectivity index (χ0v) is 9.69. The lowest BCUT2D eigenvalue weighted by molar-refractivity contribution is -0.154. The van der Waals surface area contributed by atoms with E-state index in [2.05, 4.69) is 4.74 Å². The standard InChI is InChI=1S/C8H14N8O3/c9-4(10)1(5(11)12)2(17)8(18)19-3(6(13)14)7(15)16/h1,3H,(H3,9,10)(H3,11,12)(H3,13,14)(H3,15,16). The van der Waals surface area contributed by atoms with Crippen molar-refractivity contribution in [3.8, 4) is 0 Å². The molecular weight excluding hydrogens is 256 g/mol. The van der Waals surface area contributed by atoms with Gasteiger partial charge in [-0.25, -0.2) is 4.79 Å². The van der Waals surface area contributed by atoms with Crippen LogP contribution < -0.4 is 22.9 Å². The van der Waals surface area contributed by atoms with Gasteiger partial charge in [-0.05, 0) is 0 Å². The van der Waals surface area contributed by atoms with Crippen molar-refractivity contribution in [3.05, 3.63) is 0 Å². The minimum Gasteiger partial charge on any atom is -0.440 e. The van der Waals surface area contributed by atoms with Gasteiger partial charge in [0.15, 0.2) is 0 Å². The van der Waals surface area contributed by atoms with Gasteiger partial charge >= 0.3 is 5.97 Å². The number of amidine groups is 4. The summed E-state index contributed by atoms with van der Waals surface area (Å²) in [6.45, 7) is 0. The summed E-state index contributed by atoms with van der Waals surface area (Å²) in [4.78, 5) is 23.0. The number of nitrogens with two attached hydrogens (primary N) is 4. The van der Waals surface area contributed by atoms with Gasteiger partial charge in [-0.3, -0.25) is 26.4 Å². The average molecular weight is 270 g/mol. The molecule has 0 aromatic carbocycles. The lowest BCUT2D eigenvalue weighted by Crippen LogP contribution is -2.48. The van der Waals surface area contributed by atoms with Gasteiger partial charge in [-0.1, -0.05) is 0 Å². The zero-order chi connectivity index (χ0) is 15.3. The van der Waals surface area contributed by atoms with E-state index in [9.17, 15) is 9.59 Å². The summed E-state index contributed by atoms with van der Waals surface area (Å²) < 4.78 is 4.42. The van der Waals surface area contributed by atoms with E-state index < -0.39 is 47.1 Å². The first kappa shape index (κ1) is 16.0. The smallest absolute Gasteiger partial charge is 0.377 e. The summed E-state index contributed by atoms with van der Waals surface area (Å²) in [6, 6.07) is 0. The third kappa shape index (κ3) is 4.07. The lowest BCUT2D eigenvalue weighted by Gasteiger charge is -2.16. The number of ketones is 1. The van der Waals surface area contributed by atoms with Crippen LogP contribution in [-0.2, 0) is 14.3 Å². The molecule has 0 saturated carbocycles. The minimum atomic E-state index is -1.76. The van der Waals surface area contributed by atoms with Gasteiger partial charge in [0.25, 0.3) is 5.78 Å². The van der Waals surface area contributed by atoms with Crippen LogP contribution in [0.2, 0.25) is 0 Å². The van der Waals surface area contributed by atoms with Gasteiger partial charge in [-0.15, -0.1) is 0 Å². The van der Waals surface area contributed by atoms with Crippen molar-refractivity contribution in [2.75, 3.05) is 0 Å². The molecule has 0 rings (SSSR count). The fourth-order valence-corrected chi connectivity index (χ4v) is 1.03. The average Bonchev–Trinajstić information content (AvgIpc) is 2.23. The normalized spacial score (nSPS) is 12.8. The highest BCUT2D eigenvalue weighted by atomic mass is 16.5. The Bertz CT molecular complexity index is 443. The number of rotatable bonds is 7. The van der Waals surface area contributed by atoms with Crippen LogP contribution in [-0.4, -0.2) is 41.2 Å². The van der Waals surface area contributed by atoms with Crippen LogP contribution >= 0.6 is 0 Å². The molecule has 0 spiro atoms. The molecule has 12 N–H and O–H groups in total. The van der Waals surface area contributed by atoms with Crippen LogP contribution in [0, 0.1) is 27.6 Å². The Labute approximate surface area is 107 Å². The molecule has 11 heteroatoms. The molecule has 0 saturated heterocycles. The predicted molar refractivity (Wildman–Crippen MR) is 66.0 cm³/mol. The quantitative estimate of drug-likeness (QED) is 0.102. The Morgan fingerprint density at radius 2 is 1.16 bits per heavy atom. The van der Waals surface area contributed by atoms with Crippen LogP contribution in [0.1, 0.15) is 0 Å². The number of carbonyl (C=O) groups is 2. The molecule has 11 nitrogen and oxygen atoms in total. The molecule has 0 aromatic rings. The Balaban J connectivity index is 5.06. The third-order valence-electron chi connectivity index (χ3n) is 1.88. The monoisotopic (exact) mass is 270 g/mol. The summed E-state index contributed by atoms with van der Waals surface area (Å²) in [5, 5.41) is 28.2. The second kappa shape index (κ2) is 6.09. The number of ether oxygens (including phenoxy) is 1. The van der Waals surface area contributed by atoms with Crippen molar-refractivity contribution in [2.45, 2.75) is 6.10 Å². The summed E-state index contributed by atoms with van der Waals surface area (Å²) >= 11 is 0. The molecular formula is C8H14N8O3. The topological polar surface area (TPSA) is 243 Å². The molecule has 0 amide bonds. The maximum Gasteiger partial charge on any atom is 0.377 e. The summed E-state index contributed by atoms with van der Waals surface area (Å²) in [6.07, 6.45) is -1.70. The van der Waals surface area contributed by atoms with E-state index in [-0.39, 0.29) is 0 Å². The molecule has 19 heavy (non-hydrogen) atoms. The summed E-state index contributed by atoms with van der Waals surface area (Å²) in [7, 11) is 0. The van der Waals surface area contributed by atoms with Crippen molar-refractivity contribution in [1.82, 2.24) is 0 Å². The highest BCUT2D eigenvalue weighted by Gasteiger charge is 2.34. The largest absolute Gasteiger partial charge is 0.440 e. The SMILES string of the molecule is N=C(N)C(OC(=O)C(=O)C(C(=N)N)C(=N)N)C(=N)N. The molecule has 0 radical (unpaired) electrons. The number of esters is 1.